The molecule has 1 aliphatic carbocycles. The number of esters is 1. The first kappa shape index (κ1) is 31.1. The van der Waals surface area contributed by atoms with Crippen LogP contribution in [0.25, 0.3) is 5.57 Å². The van der Waals surface area contributed by atoms with Crippen LogP contribution in [-0.2, 0) is 19.6 Å². The highest BCUT2D eigenvalue weighted by molar-refractivity contribution is 7.89. The predicted octanol–water partition coefficient (Wildman–Crippen LogP) is 6.29. The molecule has 0 atom stereocenters. The number of nitrogens with zero attached hydrogens (tertiary/aromatic N) is 2. The first-order valence-electron chi connectivity index (χ1n) is 12.5. The van der Waals surface area contributed by atoms with Gasteiger partial charge in [-0.1, -0.05) is 24.3 Å². The Labute approximate surface area is 231 Å². The normalized spacial score (nSPS) is 13.8. The van der Waals surface area contributed by atoms with E-state index in [1.807, 2.05) is 38.1 Å². The van der Waals surface area contributed by atoms with Crippen molar-refractivity contribution in [3.63, 3.8) is 0 Å². The second-order valence-corrected chi connectivity index (χ2v) is 10.4. The largest absolute Gasteiger partial charge is 0.508 e. The Morgan fingerprint density at radius 1 is 1.18 bits per heavy atom. The molecule has 0 heterocycles. The number of allylic oxidation sites excluding steroid dienone is 7. The van der Waals surface area contributed by atoms with Crippen molar-refractivity contribution in [1.82, 2.24) is 4.72 Å². The van der Waals surface area contributed by atoms with Gasteiger partial charge in [0, 0.05) is 19.3 Å². The molecule has 0 saturated heterocycles. The summed E-state index contributed by atoms with van der Waals surface area (Å²) in [6.45, 7) is 13.0. The first-order chi connectivity index (χ1) is 18.5. The molecule has 0 radical (unpaired) electrons. The maximum absolute atomic E-state index is 12.7. The van der Waals surface area contributed by atoms with E-state index in [2.05, 4.69) is 21.3 Å². The molecule has 1 aliphatic rings. The molecule has 0 bridgehead atoms. The smallest absolute Gasteiger partial charge is 0.302 e. The van der Waals surface area contributed by atoms with Crippen LogP contribution < -0.4 is 9.73 Å². The highest BCUT2D eigenvalue weighted by Crippen LogP contribution is 2.35. The van der Waals surface area contributed by atoms with Crippen LogP contribution in [0.4, 0.5) is 5.69 Å². The van der Waals surface area contributed by atoms with Gasteiger partial charge in [-0.25, -0.2) is 13.4 Å². The third-order valence-corrected chi connectivity index (χ3v) is 7.16. The standard InChI is InChI=1S/C26H29N3O3S.C4H8O2/c1-5-6-8-20(3)28-33(31,32)25-15-13-23(14-16-25)29(27-4)26-18-22(12-11-19(26)2)21-9-7-10-24(30)17-21;1-3-6-4(2)5/h5-10,13-18,28,30H,4,11-12H2,1-3H3;3H2,1-2H3/b6-5+,20-8-;. The number of carbonyl (C=O) groups excluding carboxylic acids is 1. The molecule has 208 valence electrons. The molecular formula is C30H37N3O5S. The van der Waals surface area contributed by atoms with Crippen molar-refractivity contribution in [1.29, 1.82) is 0 Å². The summed E-state index contributed by atoms with van der Waals surface area (Å²) in [5, 5.41) is 15.8. The third-order valence-electron chi connectivity index (χ3n) is 5.68. The fourth-order valence-electron chi connectivity index (χ4n) is 3.80. The monoisotopic (exact) mass is 551 g/mol. The SMILES string of the molecule is C=NN(C1=C(C)CCC(c2cccc(O)c2)=C1)c1ccc(S(=O)(=O)N/C(C)=C\C=C\C)cc1.CCOC(C)=O. The van der Waals surface area contributed by atoms with Gasteiger partial charge in [0.1, 0.15) is 5.75 Å². The van der Waals surface area contributed by atoms with Crippen LogP contribution in [-0.4, -0.2) is 32.8 Å². The molecule has 0 spiro atoms. The highest BCUT2D eigenvalue weighted by atomic mass is 32.2. The Balaban J connectivity index is 0.000000798. The van der Waals surface area contributed by atoms with E-state index in [4.69, 9.17) is 0 Å². The number of aromatic hydroxyl groups is 1. The van der Waals surface area contributed by atoms with E-state index in [0.717, 1.165) is 35.2 Å². The van der Waals surface area contributed by atoms with Gasteiger partial charge in [-0.15, -0.1) is 0 Å². The van der Waals surface area contributed by atoms with Crippen LogP contribution in [0.1, 0.15) is 53.0 Å². The molecule has 0 unspecified atom stereocenters. The number of hydrogen-bond donors (Lipinski definition) is 2. The zero-order valence-corrected chi connectivity index (χ0v) is 24.0. The number of benzene rings is 2. The minimum absolute atomic E-state index is 0.161. The average Bonchev–Trinajstić information content (AvgIpc) is 2.89. The lowest BCUT2D eigenvalue weighted by atomic mass is 9.91. The Morgan fingerprint density at radius 2 is 1.87 bits per heavy atom. The molecule has 0 aromatic heterocycles. The maximum atomic E-state index is 12.7. The number of phenolic OH excluding ortho intramolecular Hbond substituents is 1. The van der Waals surface area contributed by atoms with Gasteiger partial charge in [0.15, 0.2) is 0 Å². The lowest BCUT2D eigenvalue weighted by Crippen LogP contribution is -2.22. The number of rotatable bonds is 9. The number of sulfonamides is 1. The molecule has 2 aromatic carbocycles. The first-order valence-corrected chi connectivity index (χ1v) is 14.0. The Kier molecular flexibility index (Phi) is 11.7. The van der Waals surface area contributed by atoms with Crippen molar-refractivity contribution >= 4 is 34.0 Å². The van der Waals surface area contributed by atoms with E-state index in [9.17, 15) is 18.3 Å². The van der Waals surface area contributed by atoms with Crippen LogP contribution in [0, 0.1) is 0 Å². The Morgan fingerprint density at radius 3 is 2.41 bits per heavy atom. The summed E-state index contributed by atoms with van der Waals surface area (Å²) < 4.78 is 32.3. The molecule has 0 saturated carbocycles. The van der Waals surface area contributed by atoms with Crippen molar-refractivity contribution in [2.24, 2.45) is 5.10 Å². The van der Waals surface area contributed by atoms with Crippen LogP contribution in [0.15, 0.2) is 99.8 Å². The topological polar surface area (TPSA) is 108 Å². The van der Waals surface area contributed by atoms with Crippen LogP contribution in [0.3, 0.4) is 0 Å². The molecule has 2 N–H and O–H groups in total. The number of hydrazone groups is 1. The Hall–Kier alpha value is -4.11. The minimum atomic E-state index is -3.69. The number of hydrogen-bond acceptors (Lipinski definition) is 7. The fourth-order valence-corrected chi connectivity index (χ4v) is 4.90. The zero-order chi connectivity index (χ0) is 29.0. The molecule has 39 heavy (non-hydrogen) atoms. The number of anilines is 1. The van der Waals surface area contributed by atoms with Gasteiger partial charge in [0.25, 0.3) is 10.0 Å². The van der Waals surface area contributed by atoms with E-state index in [1.54, 1.807) is 67.4 Å². The number of carbonyl (C=O) groups is 1. The van der Waals surface area contributed by atoms with Crippen LogP contribution in [0.5, 0.6) is 5.75 Å². The Bertz CT molecular complexity index is 1390. The van der Waals surface area contributed by atoms with E-state index in [0.29, 0.717) is 18.0 Å². The summed E-state index contributed by atoms with van der Waals surface area (Å²) in [5.74, 6) is 0.0126. The van der Waals surface area contributed by atoms with Gasteiger partial charge in [0.2, 0.25) is 0 Å². The van der Waals surface area contributed by atoms with E-state index in [1.165, 1.54) is 6.92 Å². The average molecular weight is 552 g/mol. The molecule has 0 aliphatic heterocycles. The fraction of sp³-hybridized carbons (Fsp3) is 0.267. The third kappa shape index (κ3) is 9.30. The summed E-state index contributed by atoms with van der Waals surface area (Å²) in [6, 6.07) is 13.7. The molecule has 9 heteroatoms. The van der Waals surface area contributed by atoms with Gasteiger partial charge < -0.3 is 9.84 Å². The number of nitrogens with one attached hydrogen (secondary N) is 1. The van der Waals surface area contributed by atoms with Crippen molar-refractivity contribution in [3.05, 3.63) is 95.4 Å². The number of ether oxygens (including phenoxy) is 1. The van der Waals surface area contributed by atoms with Crippen molar-refractivity contribution in [2.45, 2.75) is 52.4 Å². The van der Waals surface area contributed by atoms with Gasteiger partial charge >= 0.3 is 5.97 Å². The van der Waals surface area contributed by atoms with Crippen molar-refractivity contribution in [2.75, 3.05) is 11.6 Å². The summed E-state index contributed by atoms with van der Waals surface area (Å²) in [6.07, 6.45) is 9.04. The summed E-state index contributed by atoms with van der Waals surface area (Å²) >= 11 is 0. The molecule has 3 rings (SSSR count). The summed E-state index contributed by atoms with van der Waals surface area (Å²) in [4.78, 5) is 9.98. The van der Waals surface area contributed by atoms with Gasteiger partial charge in [-0.3, -0.25) is 9.52 Å². The van der Waals surface area contributed by atoms with Crippen LogP contribution >= 0.6 is 0 Å². The van der Waals surface area contributed by atoms with E-state index in [-0.39, 0.29) is 16.6 Å². The predicted molar refractivity (Wildman–Crippen MR) is 158 cm³/mol. The quantitative estimate of drug-likeness (QED) is 0.164. The maximum Gasteiger partial charge on any atom is 0.302 e. The molecule has 8 nitrogen and oxygen atoms in total. The lowest BCUT2D eigenvalue weighted by Gasteiger charge is -2.26. The van der Waals surface area contributed by atoms with Crippen molar-refractivity contribution in [3.8, 4) is 5.75 Å². The van der Waals surface area contributed by atoms with Crippen LogP contribution in [0.2, 0.25) is 0 Å². The summed E-state index contributed by atoms with van der Waals surface area (Å²) in [5.41, 5.74) is 5.31. The van der Waals surface area contributed by atoms with Gasteiger partial charge in [-0.2, -0.15) is 5.10 Å². The molecule has 2 aromatic rings. The van der Waals surface area contributed by atoms with Gasteiger partial charge in [-0.05, 0) is 106 Å². The van der Waals surface area contributed by atoms with E-state index >= 15 is 0 Å². The van der Waals surface area contributed by atoms with Crippen molar-refractivity contribution < 1.29 is 23.1 Å². The summed E-state index contributed by atoms with van der Waals surface area (Å²) in [7, 11) is -3.69. The second kappa shape index (κ2) is 14.7. The molecule has 0 fully saturated rings. The number of phenols is 1. The zero-order valence-electron chi connectivity index (χ0n) is 23.1. The van der Waals surface area contributed by atoms with E-state index < -0.39 is 10.0 Å². The molecular weight excluding hydrogens is 514 g/mol. The highest BCUT2D eigenvalue weighted by Gasteiger charge is 2.20. The second-order valence-electron chi connectivity index (χ2n) is 8.74. The minimum Gasteiger partial charge on any atom is -0.508 e. The lowest BCUT2D eigenvalue weighted by molar-refractivity contribution is -0.140. The molecule has 0 amide bonds. The van der Waals surface area contributed by atoms with Gasteiger partial charge in [0.05, 0.1) is 22.9 Å².